The number of halogens is 1. The molecule has 4 aromatic rings. The SMILES string of the molecule is COc1ccc(-c2csc(N3N=C(c4cc(C)ccc4C)C[C@H]3c3cccc([N+](=O)[O-])c3)n2)cc1F. The molecule has 1 aliphatic rings. The van der Waals surface area contributed by atoms with E-state index in [0.717, 1.165) is 28.0 Å². The molecule has 36 heavy (non-hydrogen) atoms. The molecule has 0 saturated heterocycles. The number of aromatic nitrogens is 1. The van der Waals surface area contributed by atoms with Crippen LogP contribution in [0.1, 0.15) is 34.7 Å². The predicted molar refractivity (Wildman–Crippen MR) is 139 cm³/mol. The molecule has 0 bridgehead atoms. The zero-order valence-corrected chi connectivity index (χ0v) is 20.8. The molecule has 0 aliphatic carbocycles. The highest BCUT2D eigenvalue weighted by atomic mass is 32.1. The Morgan fingerprint density at radius 3 is 2.72 bits per heavy atom. The van der Waals surface area contributed by atoms with Crippen LogP contribution < -0.4 is 9.75 Å². The second-order valence-electron chi connectivity index (χ2n) is 8.65. The van der Waals surface area contributed by atoms with Crippen molar-refractivity contribution in [1.82, 2.24) is 4.98 Å². The predicted octanol–water partition coefficient (Wildman–Crippen LogP) is 6.84. The van der Waals surface area contributed by atoms with Crippen molar-refractivity contribution < 1.29 is 14.1 Å². The van der Waals surface area contributed by atoms with E-state index in [4.69, 9.17) is 14.8 Å². The molecule has 1 aromatic heterocycles. The summed E-state index contributed by atoms with van der Waals surface area (Å²) in [4.78, 5) is 15.8. The van der Waals surface area contributed by atoms with Crippen LogP contribution in [0, 0.1) is 29.8 Å². The van der Waals surface area contributed by atoms with Crippen molar-refractivity contribution in [2.45, 2.75) is 26.3 Å². The van der Waals surface area contributed by atoms with E-state index in [0.29, 0.717) is 22.8 Å². The third-order valence-corrected chi connectivity index (χ3v) is 7.05. The molecule has 2 heterocycles. The van der Waals surface area contributed by atoms with Crippen molar-refractivity contribution >= 4 is 27.9 Å². The van der Waals surface area contributed by atoms with Gasteiger partial charge in [-0.2, -0.15) is 5.10 Å². The van der Waals surface area contributed by atoms with E-state index in [1.54, 1.807) is 24.3 Å². The first-order valence-electron chi connectivity index (χ1n) is 11.3. The Morgan fingerprint density at radius 2 is 1.97 bits per heavy atom. The van der Waals surface area contributed by atoms with Crippen molar-refractivity contribution in [2.75, 3.05) is 12.1 Å². The maximum atomic E-state index is 14.3. The van der Waals surface area contributed by atoms with E-state index in [-0.39, 0.29) is 17.5 Å². The molecule has 0 N–H and O–H groups in total. The van der Waals surface area contributed by atoms with Gasteiger partial charge < -0.3 is 4.74 Å². The van der Waals surface area contributed by atoms with E-state index in [2.05, 4.69) is 18.2 Å². The smallest absolute Gasteiger partial charge is 0.269 e. The van der Waals surface area contributed by atoms with E-state index in [1.807, 2.05) is 30.3 Å². The number of anilines is 1. The number of nitrogens with zero attached hydrogens (tertiary/aromatic N) is 4. The van der Waals surface area contributed by atoms with Gasteiger partial charge in [0.25, 0.3) is 5.69 Å². The molecule has 182 valence electrons. The van der Waals surface area contributed by atoms with Gasteiger partial charge in [-0.1, -0.05) is 29.8 Å². The lowest BCUT2D eigenvalue weighted by atomic mass is 9.95. The number of non-ortho nitro benzene ring substituents is 1. The number of ether oxygens (including phenoxy) is 1. The number of aryl methyl sites for hydroxylation is 2. The largest absolute Gasteiger partial charge is 0.494 e. The Hall–Kier alpha value is -4.11. The molecule has 0 fully saturated rings. The van der Waals surface area contributed by atoms with Crippen LogP contribution in [0.25, 0.3) is 11.3 Å². The first kappa shape index (κ1) is 23.6. The number of hydrazone groups is 1. The molecule has 9 heteroatoms. The van der Waals surface area contributed by atoms with Gasteiger partial charge in [0.1, 0.15) is 0 Å². The molecule has 5 rings (SSSR count). The van der Waals surface area contributed by atoms with Gasteiger partial charge in [-0.25, -0.2) is 14.4 Å². The van der Waals surface area contributed by atoms with Crippen LogP contribution in [0.3, 0.4) is 0 Å². The van der Waals surface area contributed by atoms with E-state index in [1.165, 1.54) is 30.6 Å². The summed E-state index contributed by atoms with van der Waals surface area (Å²) in [6, 6.07) is 17.3. The number of methoxy groups -OCH3 is 1. The third-order valence-electron chi connectivity index (χ3n) is 6.22. The lowest BCUT2D eigenvalue weighted by molar-refractivity contribution is -0.384. The Kier molecular flexibility index (Phi) is 6.24. The lowest BCUT2D eigenvalue weighted by Gasteiger charge is -2.21. The summed E-state index contributed by atoms with van der Waals surface area (Å²) in [6.45, 7) is 4.08. The maximum Gasteiger partial charge on any atom is 0.269 e. The number of hydrogen-bond donors (Lipinski definition) is 0. The molecule has 0 radical (unpaired) electrons. The monoisotopic (exact) mass is 502 g/mol. The summed E-state index contributed by atoms with van der Waals surface area (Å²) < 4.78 is 19.3. The maximum absolute atomic E-state index is 14.3. The number of rotatable bonds is 6. The molecule has 0 unspecified atom stereocenters. The molecular formula is C27H23FN4O3S. The zero-order chi connectivity index (χ0) is 25.4. The fourth-order valence-corrected chi connectivity index (χ4v) is 5.16. The summed E-state index contributed by atoms with van der Waals surface area (Å²) in [5.41, 5.74) is 6.21. The third kappa shape index (κ3) is 4.45. The number of nitro groups is 1. The van der Waals surface area contributed by atoms with Crippen LogP contribution in [0.5, 0.6) is 5.75 Å². The molecule has 0 saturated carbocycles. The average molecular weight is 503 g/mol. The van der Waals surface area contributed by atoms with E-state index < -0.39 is 10.7 Å². The zero-order valence-electron chi connectivity index (χ0n) is 19.9. The highest BCUT2D eigenvalue weighted by Gasteiger charge is 2.33. The molecule has 3 aromatic carbocycles. The van der Waals surface area contributed by atoms with Crippen LogP contribution in [0.4, 0.5) is 15.2 Å². The summed E-state index contributed by atoms with van der Waals surface area (Å²) in [7, 11) is 1.42. The lowest BCUT2D eigenvalue weighted by Crippen LogP contribution is -2.18. The highest BCUT2D eigenvalue weighted by Crippen LogP contribution is 2.40. The minimum Gasteiger partial charge on any atom is -0.494 e. The summed E-state index contributed by atoms with van der Waals surface area (Å²) >= 11 is 1.39. The van der Waals surface area contributed by atoms with Gasteiger partial charge in [0.2, 0.25) is 5.13 Å². The fourth-order valence-electron chi connectivity index (χ4n) is 4.33. The van der Waals surface area contributed by atoms with Gasteiger partial charge in [-0.3, -0.25) is 10.1 Å². The Labute approximate surface area is 211 Å². The van der Waals surface area contributed by atoms with Crippen molar-refractivity contribution in [3.05, 3.63) is 104 Å². The second kappa shape index (κ2) is 9.50. The van der Waals surface area contributed by atoms with Crippen LogP contribution >= 0.6 is 11.3 Å². The average Bonchev–Trinajstić information content (AvgIpc) is 3.53. The summed E-state index contributed by atoms with van der Waals surface area (Å²) in [5.74, 6) is -0.294. The Morgan fingerprint density at radius 1 is 1.14 bits per heavy atom. The van der Waals surface area contributed by atoms with Gasteiger partial charge in [-0.15, -0.1) is 11.3 Å². The first-order chi connectivity index (χ1) is 17.3. The Bertz CT molecular complexity index is 1500. The van der Waals surface area contributed by atoms with Crippen molar-refractivity contribution in [2.24, 2.45) is 5.10 Å². The summed E-state index contributed by atoms with van der Waals surface area (Å²) in [5, 5.41) is 20.7. The van der Waals surface area contributed by atoms with Gasteiger partial charge in [-0.05, 0) is 49.2 Å². The van der Waals surface area contributed by atoms with Crippen molar-refractivity contribution in [1.29, 1.82) is 0 Å². The van der Waals surface area contributed by atoms with Crippen LogP contribution in [0.15, 0.2) is 71.1 Å². The standard InChI is InChI=1S/C27H23FN4O3S/c1-16-7-8-17(2)21(11-16)23-14-25(19-5-4-6-20(12-19)32(33)34)31(30-23)27-29-24(15-36-27)18-9-10-26(35-3)22(28)13-18/h4-13,15,25H,14H2,1-3H3/t25-/m0/s1. The molecule has 0 spiro atoms. The van der Waals surface area contributed by atoms with Gasteiger partial charge in [0, 0.05) is 35.1 Å². The van der Waals surface area contributed by atoms with Gasteiger partial charge in [0.05, 0.1) is 29.5 Å². The summed E-state index contributed by atoms with van der Waals surface area (Å²) in [6.07, 6.45) is 0.567. The van der Waals surface area contributed by atoms with Crippen LogP contribution in [-0.2, 0) is 0 Å². The molecule has 1 atom stereocenters. The Balaban J connectivity index is 1.57. The van der Waals surface area contributed by atoms with Crippen molar-refractivity contribution in [3.8, 4) is 17.0 Å². The quantitative estimate of drug-likeness (QED) is 0.213. The molecule has 1 aliphatic heterocycles. The topological polar surface area (TPSA) is 80.9 Å². The van der Waals surface area contributed by atoms with Crippen LogP contribution in [-0.4, -0.2) is 22.7 Å². The number of hydrogen-bond acceptors (Lipinski definition) is 7. The van der Waals surface area contributed by atoms with Gasteiger partial charge >= 0.3 is 0 Å². The van der Waals surface area contributed by atoms with E-state index >= 15 is 0 Å². The normalized spacial score (nSPS) is 15.2. The minimum absolute atomic E-state index is 0.0289. The number of nitro benzene ring substituents is 1. The van der Waals surface area contributed by atoms with E-state index in [9.17, 15) is 14.5 Å². The molecule has 0 amide bonds. The number of benzene rings is 3. The molecular weight excluding hydrogens is 479 g/mol. The van der Waals surface area contributed by atoms with Gasteiger partial charge in [0.15, 0.2) is 11.6 Å². The fraction of sp³-hybridized carbons (Fsp3) is 0.185. The second-order valence-corrected chi connectivity index (χ2v) is 9.48. The number of thiazole rings is 1. The first-order valence-corrected chi connectivity index (χ1v) is 12.2. The minimum atomic E-state index is -0.463. The van der Waals surface area contributed by atoms with Crippen molar-refractivity contribution in [3.63, 3.8) is 0 Å². The highest BCUT2D eigenvalue weighted by molar-refractivity contribution is 7.14. The van der Waals surface area contributed by atoms with Crippen LogP contribution in [0.2, 0.25) is 0 Å². The molecule has 7 nitrogen and oxygen atoms in total.